The first-order chi connectivity index (χ1) is 7.79. The molecule has 0 unspecified atom stereocenters. The third-order valence-corrected chi connectivity index (χ3v) is 3.67. The Balaban J connectivity index is 2.04. The van der Waals surface area contributed by atoms with Gasteiger partial charge < -0.3 is 10.1 Å². The van der Waals surface area contributed by atoms with Gasteiger partial charge in [-0.3, -0.25) is 0 Å². The van der Waals surface area contributed by atoms with Crippen LogP contribution in [0.3, 0.4) is 0 Å². The Labute approximate surface area is 107 Å². The molecule has 0 aliphatic rings. The maximum Gasteiger partial charge on any atom is 0.169 e. The van der Waals surface area contributed by atoms with E-state index < -0.39 is 0 Å². The van der Waals surface area contributed by atoms with Crippen molar-refractivity contribution >= 4 is 33.1 Å². The predicted octanol–water partition coefficient (Wildman–Crippen LogP) is 3.53. The van der Waals surface area contributed by atoms with Gasteiger partial charge in [0.15, 0.2) is 11.6 Å². The van der Waals surface area contributed by atoms with Crippen molar-refractivity contribution in [2.24, 2.45) is 0 Å². The van der Waals surface area contributed by atoms with E-state index >= 15 is 0 Å². The van der Waals surface area contributed by atoms with Crippen molar-refractivity contribution in [1.82, 2.24) is 4.98 Å². The van der Waals surface area contributed by atoms with Crippen molar-refractivity contribution in [3.05, 3.63) is 39.1 Å². The standard InChI is InChI=1S/C11H11BrN2OS/c1-15-9-3-2-6-13-11(9)14-7-8-4-5-10(12)16-8/h2-6H,7H2,1H3,(H,13,14). The summed E-state index contributed by atoms with van der Waals surface area (Å²) in [4.78, 5) is 5.48. The van der Waals surface area contributed by atoms with E-state index in [1.54, 1.807) is 24.6 Å². The van der Waals surface area contributed by atoms with E-state index in [0.717, 1.165) is 21.9 Å². The maximum atomic E-state index is 5.21. The number of methoxy groups -OCH3 is 1. The second-order valence-electron chi connectivity index (χ2n) is 3.11. The van der Waals surface area contributed by atoms with Crippen LogP contribution in [0.15, 0.2) is 34.2 Å². The zero-order chi connectivity index (χ0) is 11.4. The Kier molecular flexibility index (Phi) is 3.79. The molecule has 0 saturated carbocycles. The summed E-state index contributed by atoms with van der Waals surface area (Å²) in [6.45, 7) is 0.754. The zero-order valence-electron chi connectivity index (χ0n) is 8.74. The van der Waals surface area contributed by atoms with Gasteiger partial charge in [0.25, 0.3) is 0 Å². The predicted molar refractivity (Wildman–Crippen MR) is 70.1 cm³/mol. The van der Waals surface area contributed by atoms with Crippen LogP contribution in [-0.4, -0.2) is 12.1 Å². The molecule has 3 nitrogen and oxygen atoms in total. The molecule has 0 radical (unpaired) electrons. The molecule has 2 heterocycles. The molecule has 16 heavy (non-hydrogen) atoms. The lowest BCUT2D eigenvalue weighted by molar-refractivity contribution is 0.415. The van der Waals surface area contributed by atoms with Gasteiger partial charge in [-0.05, 0) is 40.2 Å². The van der Waals surface area contributed by atoms with Crippen LogP contribution in [0.5, 0.6) is 5.75 Å². The van der Waals surface area contributed by atoms with Gasteiger partial charge in [0.1, 0.15) is 0 Å². The quantitative estimate of drug-likeness (QED) is 0.938. The first-order valence-corrected chi connectivity index (χ1v) is 6.37. The summed E-state index contributed by atoms with van der Waals surface area (Å²) in [6.07, 6.45) is 1.75. The number of nitrogens with zero attached hydrogens (tertiary/aromatic N) is 1. The topological polar surface area (TPSA) is 34.1 Å². The molecule has 0 fully saturated rings. The van der Waals surface area contributed by atoms with Crippen LogP contribution >= 0.6 is 27.3 Å². The van der Waals surface area contributed by atoms with Gasteiger partial charge in [-0.25, -0.2) is 4.98 Å². The normalized spacial score (nSPS) is 10.1. The molecule has 84 valence electrons. The summed E-state index contributed by atoms with van der Waals surface area (Å²) in [5, 5.41) is 3.25. The first-order valence-electron chi connectivity index (χ1n) is 4.76. The third kappa shape index (κ3) is 2.74. The smallest absolute Gasteiger partial charge is 0.169 e. The van der Waals surface area contributed by atoms with Crippen molar-refractivity contribution in [3.8, 4) is 5.75 Å². The Morgan fingerprint density at radius 1 is 1.44 bits per heavy atom. The number of hydrogen-bond donors (Lipinski definition) is 1. The molecule has 0 spiro atoms. The highest BCUT2D eigenvalue weighted by Crippen LogP contribution is 2.25. The largest absolute Gasteiger partial charge is 0.493 e. The Morgan fingerprint density at radius 3 is 3.00 bits per heavy atom. The fourth-order valence-electron chi connectivity index (χ4n) is 1.31. The van der Waals surface area contributed by atoms with E-state index in [2.05, 4.69) is 32.3 Å². The van der Waals surface area contributed by atoms with Crippen LogP contribution in [0.2, 0.25) is 0 Å². The molecule has 1 N–H and O–H groups in total. The van der Waals surface area contributed by atoms with Crippen LogP contribution in [0, 0.1) is 0 Å². The molecular formula is C11H11BrN2OS. The van der Waals surface area contributed by atoms with Gasteiger partial charge in [-0.2, -0.15) is 0 Å². The summed E-state index contributed by atoms with van der Waals surface area (Å²) in [5.74, 6) is 1.53. The van der Waals surface area contributed by atoms with Crippen LogP contribution in [-0.2, 0) is 6.54 Å². The van der Waals surface area contributed by atoms with Crippen molar-refractivity contribution in [1.29, 1.82) is 0 Å². The van der Waals surface area contributed by atoms with Gasteiger partial charge in [0.05, 0.1) is 17.4 Å². The highest BCUT2D eigenvalue weighted by molar-refractivity contribution is 9.11. The van der Waals surface area contributed by atoms with E-state index in [1.165, 1.54) is 4.88 Å². The molecule has 0 saturated heterocycles. The summed E-state index contributed by atoms with van der Waals surface area (Å²) in [7, 11) is 1.64. The number of nitrogens with one attached hydrogen (secondary N) is 1. The van der Waals surface area contributed by atoms with Gasteiger partial charge in [0.2, 0.25) is 0 Å². The highest BCUT2D eigenvalue weighted by Gasteiger charge is 2.03. The first kappa shape index (κ1) is 11.4. The fourth-order valence-corrected chi connectivity index (χ4v) is 2.73. The Bertz CT molecular complexity index is 473. The van der Waals surface area contributed by atoms with Crippen LogP contribution in [0.4, 0.5) is 5.82 Å². The van der Waals surface area contributed by atoms with Gasteiger partial charge in [-0.15, -0.1) is 11.3 Å². The zero-order valence-corrected chi connectivity index (χ0v) is 11.1. The molecule has 0 aliphatic carbocycles. The molecule has 0 amide bonds. The van der Waals surface area contributed by atoms with Crippen LogP contribution in [0.1, 0.15) is 4.88 Å². The van der Waals surface area contributed by atoms with Gasteiger partial charge in [0, 0.05) is 11.1 Å². The lowest BCUT2D eigenvalue weighted by Gasteiger charge is -2.08. The number of ether oxygens (including phenoxy) is 1. The minimum Gasteiger partial charge on any atom is -0.493 e. The Hall–Kier alpha value is -1.07. The summed E-state index contributed by atoms with van der Waals surface area (Å²) < 4.78 is 6.34. The second-order valence-corrected chi connectivity index (χ2v) is 5.66. The lowest BCUT2D eigenvalue weighted by Crippen LogP contribution is -2.01. The molecule has 0 bridgehead atoms. The minimum atomic E-state index is 0.754. The van der Waals surface area contributed by atoms with Crippen LogP contribution in [0.25, 0.3) is 0 Å². The summed E-state index contributed by atoms with van der Waals surface area (Å²) in [5.41, 5.74) is 0. The average molecular weight is 299 g/mol. The molecule has 5 heteroatoms. The molecule has 2 aromatic rings. The van der Waals surface area contributed by atoms with Crippen molar-refractivity contribution in [2.45, 2.75) is 6.54 Å². The van der Waals surface area contributed by atoms with Crippen molar-refractivity contribution in [3.63, 3.8) is 0 Å². The monoisotopic (exact) mass is 298 g/mol. The molecule has 2 aromatic heterocycles. The number of pyridine rings is 1. The van der Waals surface area contributed by atoms with E-state index in [-0.39, 0.29) is 0 Å². The maximum absolute atomic E-state index is 5.21. The number of hydrogen-bond acceptors (Lipinski definition) is 4. The molecule has 0 aromatic carbocycles. The molecule has 2 rings (SSSR count). The van der Waals surface area contributed by atoms with E-state index in [9.17, 15) is 0 Å². The number of halogens is 1. The van der Waals surface area contributed by atoms with E-state index in [1.807, 2.05) is 18.2 Å². The molecule has 0 atom stereocenters. The average Bonchev–Trinajstić information content (AvgIpc) is 2.73. The van der Waals surface area contributed by atoms with E-state index in [0.29, 0.717) is 0 Å². The minimum absolute atomic E-state index is 0.754. The number of thiophene rings is 1. The van der Waals surface area contributed by atoms with Crippen molar-refractivity contribution < 1.29 is 4.74 Å². The second kappa shape index (κ2) is 5.32. The van der Waals surface area contributed by atoms with E-state index in [4.69, 9.17) is 4.74 Å². The number of rotatable bonds is 4. The third-order valence-electron chi connectivity index (χ3n) is 2.05. The number of aromatic nitrogens is 1. The fraction of sp³-hybridized carbons (Fsp3) is 0.182. The SMILES string of the molecule is COc1cccnc1NCc1ccc(Br)s1. The van der Waals surface area contributed by atoms with Gasteiger partial charge in [-0.1, -0.05) is 0 Å². The lowest BCUT2D eigenvalue weighted by atomic mass is 10.4. The summed E-state index contributed by atoms with van der Waals surface area (Å²) in [6, 6.07) is 7.86. The summed E-state index contributed by atoms with van der Waals surface area (Å²) >= 11 is 5.14. The van der Waals surface area contributed by atoms with Gasteiger partial charge >= 0.3 is 0 Å². The Morgan fingerprint density at radius 2 is 2.31 bits per heavy atom. The number of anilines is 1. The highest BCUT2D eigenvalue weighted by atomic mass is 79.9. The molecular weight excluding hydrogens is 288 g/mol. The van der Waals surface area contributed by atoms with Crippen LogP contribution < -0.4 is 10.1 Å². The van der Waals surface area contributed by atoms with Crippen molar-refractivity contribution in [2.75, 3.05) is 12.4 Å². The molecule has 0 aliphatic heterocycles.